The second-order valence-electron chi connectivity index (χ2n) is 7.21. The predicted octanol–water partition coefficient (Wildman–Crippen LogP) is 3.98. The molecule has 3 aliphatic rings. The van der Waals surface area contributed by atoms with E-state index in [4.69, 9.17) is 0 Å². The van der Waals surface area contributed by atoms with Gasteiger partial charge in [-0.05, 0) is 61.7 Å². The van der Waals surface area contributed by atoms with Gasteiger partial charge in [-0.25, -0.2) is 0 Å². The van der Waals surface area contributed by atoms with Gasteiger partial charge in [0.25, 0.3) is 0 Å². The van der Waals surface area contributed by atoms with Crippen molar-refractivity contribution in [2.24, 2.45) is 23.2 Å². The SMILES string of the molecule is CCC(CC)CC1(CNC2CC2)CC2CC2C1. The van der Waals surface area contributed by atoms with E-state index < -0.39 is 0 Å². The maximum atomic E-state index is 3.83. The van der Waals surface area contributed by atoms with Crippen molar-refractivity contribution < 1.29 is 0 Å². The van der Waals surface area contributed by atoms with Crippen LogP contribution >= 0.6 is 0 Å². The summed E-state index contributed by atoms with van der Waals surface area (Å²) < 4.78 is 0. The molecule has 3 rings (SSSR count). The van der Waals surface area contributed by atoms with Crippen molar-refractivity contribution in [2.45, 2.75) is 71.3 Å². The number of rotatable bonds is 7. The Hall–Kier alpha value is -0.0400. The van der Waals surface area contributed by atoms with Gasteiger partial charge in [-0.3, -0.25) is 0 Å². The monoisotopic (exact) mass is 235 g/mol. The zero-order valence-corrected chi connectivity index (χ0v) is 11.7. The van der Waals surface area contributed by atoms with Gasteiger partial charge in [-0.1, -0.05) is 26.7 Å². The normalized spacial score (nSPS) is 39.7. The second kappa shape index (κ2) is 4.57. The average Bonchev–Trinajstić information content (AvgIpc) is 3.25. The molecule has 0 heterocycles. The number of hydrogen-bond donors (Lipinski definition) is 1. The van der Waals surface area contributed by atoms with Crippen LogP contribution in [0.25, 0.3) is 0 Å². The van der Waals surface area contributed by atoms with Gasteiger partial charge in [0.05, 0.1) is 0 Å². The van der Waals surface area contributed by atoms with Crippen molar-refractivity contribution in [1.29, 1.82) is 0 Å². The first-order valence-corrected chi connectivity index (χ1v) is 7.98. The van der Waals surface area contributed by atoms with Crippen LogP contribution in [-0.2, 0) is 0 Å². The fourth-order valence-electron chi connectivity index (χ4n) is 4.23. The molecule has 1 N–H and O–H groups in total. The Balaban J connectivity index is 1.58. The predicted molar refractivity (Wildman–Crippen MR) is 73.0 cm³/mol. The minimum atomic E-state index is 0.701. The van der Waals surface area contributed by atoms with Gasteiger partial charge < -0.3 is 5.32 Å². The van der Waals surface area contributed by atoms with Crippen LogP contribution in [0.15, 0.2) is 0 Å². The smallest absolute Gasteiger partial charge is 0.00684 e. The fraction of sp³-hybridized carbons (Fsp3) is 1.00. The van der Waals surface area contributed by atoms with Crippen molar-refractivity contribution in [3.05, 3.63) is 0 Å². The molecule has 0 aliphatic heterocycles. The van der Waals surface area contributed by atoms with Crippen molar-refractivity contribution in [3.63, 3.8) is 0 Å². The Bertz CT molecular complexity index is 255. The molecule has 0 aromatic heterocycles. The van der Waals surface area contributed by atoms with Crippen LogP contribution in [0.2, 0.25) is 0 Å². The Labute approximate surface area is 107 Å². The molecule has 3 saturated carbocycles. The Kier molecular flexibility index (Phi) is 3.23. The third-order valence-corrected chi connectivity index (χ3v) is 5.68. The summed E-state index contributed by atoms with van der Waals surface area (Å²) in [5.41, 5.74) is 0.701. The van der Waals surface area contributed by atoms with E-state index in [2.05, 4.69) is 19.2 Å². The largest absolute Gasteiger partial charge is 0.313 e. The molecule has 1 heteroatoms. The summed E-state index contributed by atoms with van der Waals surface area (Å²) in [6, 6.07) is 0.894. The molecule has 2 atom stereocenters. The lowest BCUT2D eigenvalue weighted by Gasteiger charge is -2.34. The first-order chi connectivity index (χ1) is 8.24. The van der Waals surface area contributed by atoms with Gasteiger partial charge in [-0.15, -0.1) is 0 Å². The van der Waals surface area contributed by atoms with Gasteiger partial charge >= 0.3 is 0 Å². The molecule has 17 heavy (non-hydrogen) atoms. The minimum absolute atomic E-state index is 0.701. The van der Waals surface area contributed by atoms with Gasteiger partial charge in [0, 0.05) is 12.6 Å². The van der Waals surface area contributed by atoms with E-state index in [0.717, 1.165) is 23.8 Å². The summed E-state index contributed by atoms with van der Waals surface area (Å²) in [6.07, 6.45) is 11.8. The molecule has 98 valence electrons. The summed E-state index contributed by atoms with van der Waals surface area (Å²) >= 11 is 0. The second-order valence-corrected chi connectivity index (χ2v) is 7.21. The number of hydrogen-bond acceptors (Lipinski definition) is 1. The molecule has 3 aliphatic carbocycles. The minimum Gasteiger partial charge on any atom is -0.313 e. The van der Waals surface area contributed by atoms with E-state index in [1.54, 1.807) is 19.3 Å². The third kappa shape index (κ3) is 2.70. The van der Waals surface area contributed by atoms with Crippen LogP contribution in [0, 0.1) is 23.2 Å². The molecule has 1 nitrogen and oxygen atoms in total. The third-order valence-electron chi connectivity index (χ3n) is 5.68. The summed E-state index contributed by atoms with van der Waals surface area (Å²) in [4.78, 5) is 0. The molecule has 2 unspecified atom stereocenters. The molecule has 0 amide bonds. The van der Waals surface area contributed by atoms with E-state index in [0.29, 0.717) is 5.41 Å². The van der Waals surface area contributed by atoms with Gasteiger partial charge in [-0.2, -0.15) is 0 Å². The van der Waals surface area contributed by atoms with Crippen molar-refractivity contribution in [3.8, 4) is 0 Å². The number of fused-ring (bicyclic) bond motifs is 1. The topological polar surface area (TPSA) is 12.0 Å². The summed E-state index contributed by atoms with van der Waals surface area (Å²) in [5, 5.41) is 3.83. The molecular formula is C16H29N. The molecular weight excluding hydrogens is 206 g/mol. The Morgan fingerprint density at radius 1 is 1.12 bits per heavy atom. The van der Waals surface area contributed by atoms with Gasteiger partial charge in [0.2, 0.25) is 0 Å². The van der Waals surface area contributed by atoms with Gasteiger partial charge in [0.1, 0.15) is 0 Å². The molecule has 0 saturated heterocycles. The summed E-state index contributed by atoms with van der Waals surface area (Å²) in [7, 11) is 0. The first-order valence-electron chi connectivity index (χ1n) is 7.98. The molecule has 0 aromatic carbocycles. The Morgan fingerprint density at radius 2 is 1.76 bits per heavy atom. The fourth-order valence-corrected chi connectivity index (χ4v) is 4.23. The molecule has 3 fully saturated rings. The van der Waals surface area contributed by atoms with Crippen molar-refractivity contribution in [1.82, 2.24) is 5.32 Å². The summed E-state index contributed by atoms with van der Waals surface area (Å²) in [6.45, 7) is 6.10. The lowest BCUT2D eigenvalue weighted by Crippen LogP contribution is -2.36. The van der Waals surface area contributed by atoms with Crippen LogP contribution in [-0.4, -0.2) is 12.6 Å². The molecule has 0 radical (unpaired) electrons. The molecule has 0 aromatic rings. The standard InChI is InChI=1S/C16H29N/c1-3-12(4-2)8-16(11-17-15-5-6-15)9-13-7-14(13)10-16/h12-15,17H,3-11H2,1-2H3. The van der Waals surface area contributed by atoms with Crippen LogP contribution in [0.3, 0.4) is 0 Å². The van der Waals surface area contributed by atoms with Gasteiger partial charge in [0.15, 0.2) is 0 Å². The maximum Gasteiger partial charge on any atom is 0.00684 e. The zero-order valence-electron chi connectivity index (χ0n) is 11.7. The highest BCUT2D eigenvalue weighted by molar-refractivity contribution is 5.05. The van der Waals surface area contributed by atoms with Crippen LogP contribution < -0.4 is 5.32 Å². The highest BCUT2D eigenvalue weighted by Crippen LogP contribution is 2.61. The van der Waals surface area contributed by atoms with Crippen LogP contribution in [0.1, 0.15) is 65.2 Å². The highest BCUT2D eigenvalue weighted by Gasteiger charge is 2.53. The lowest BCUT2D eigenvalue weighted by atomic mass is 9.74. The Morgan fingerprint density at radius 3 is 2.29 bits per heavy atom. The van der Waals surface area contributed by atoms with E-state index >= 15 is 0 Å². The first kappa shape index (κ1) is 12.0. The van der Waals surface area contributed by atoms with Crippen molar-refractivity contribution in [2.75, 3.05) is 6.54 Å². The maximum absolute atomic E-state index is 3.83. The summed E-state index contributed by atoms with van der Waals surface area (Å²) in [5.74, 6) is 3.24. The average molecular weight is 235 g/mol. The number of nitrogens with one attached hydrogen (secondary N) is 1. The highest BCUT2D eigenvalue weighted by atomic mass is 15.0. The van der Waals surface area contributed by atoms with Crippen LogP contribution in [0.5, 0.6) is 0 Å². The van der Waals surface area contributed by atoms with E-state index in [-0.39, 0.29) is 0 Å². The van der Waals surface area contributed by atoms with Crippen molar-refractivity contribution >= 4 is 0 Å². The van der Waals surface area contributed by atoms with E-state index in [9.17, 15) is 0 Å². The van der Waals surface area contributed by atoms with E-state index in [1.165, 1.54) is 38.6 Å². The lowest BCUT2D eigenvalue weighted by molar-refractivity contribution is 0.183. The molecule has 0 spiro atoms. The van der Waals surface area contributed by atoms with Crippen LogP contribution in [0.4, 0.5) is 0 Å². The quantitative estimate of drug-likeness (QED) is 0.704. The van der Waals surface area contributed by atoms with E-state index in [1.807, 2.05) is 0 Å². The zero-order chi connectivity index (χ0) is 11.9. The molecule has 0 bridgehead atoms.